The molecule has 0 aliphatic heterocycles. The second-order valence-corrected chi connectivity index (χ2v) is 3.75. The van der Waals surface area contributed by atoms with E-state index in [1.54, 1.807) is 0 Å². The van der Waals surface area contributed by atoms with Crippen LogP contribution in [0.5, 0.6) is 0 Å². The van der Waals surface area contributed by atoms with Gasteiger partial charge in [0.2, 0.25) is 0 Å². The molecule has 0 atom stereocenters. The smallest absolute Gasteiger partial charge is 0.0426 e. The van der Waals surface area contributed by atoms with Crippen LogP contribution in [0.3, 0.4) is 0 Å². The molecule has 0 unspecified atom stereocenters. The minimum Gasteiger partial charge on any atom is -0.385 e. The molecule has 0 heterocycles. The van der Waals surface area contributed by atoms with Crippen molar-refractivity contribution in [1.82, 2.24) is 0 Å². The quantitative estimate of drug-likeness (QED) is 0.571. The first kappa shape index (κ1) is 11.1. The van der Waals surface area contributed by atoms with Gasteiger partial charge in [-0.15, -0.1) is 6.58 Å². The molecular weight excluding hydrogens is 194 g/mol. The summed E-state index contributed by atoms with van der Waals surface area (Å²) in [4.78, 5) is 0. The van der Waals surface area contributed by atoms with E-state index in [0.717, 1.165) is 30.1 Å². The van der Waals surface area contributed by atoms with Crippen LogP contribution in [0.25, 0.3) is 0 Å². The molecule has 0 bridgehead atoms. The van der Waals surface area contributed by atoms with Gasteiger partial charge in [-0.25, -0.2) is 0 Å². The van der Waals surface area contributed by atoms with Gasteiger partial charge in [-0.3, -0.25) is 0 Å². The first-order valence-electron chi connectivity index (χ1n) is 4.85. The molecule has 0 aromatic heterocycles. The molecule has 0 aliphatic carbocycles. The largest absolute Gasteiger partial charge is 0.385 e. The minimum atomic E-state index is 0.779. The van der Waals surface area contributed by atoms with Gasteiger partial charge in [0, 0.05) is 17.3 Å². The zero-order chi connectivity index (χ0) is 10.4. The number of allylic oxidation sites excluding steroid dienone is 1. The number of anilines is 1. The van der Waals surface area contributed by atoms with Crippen molar-refractivity contribution < 1.29 is 0 Å². The second-order valence-electron chi connectivity index (χ2n) is 3.32. The van der Waals surface area contributed by atoms with Gasteiger partial charge >= 0.3 is 0 Å². The third-order valence-corrected chi connectivity index (χ3v) is 2.34. The molecule has 1 aromatic carbocycles. The molecule has 1 rings (SSSR count). The predicted octanol–water partition coefficient (Wildman–Crippen LogP) is 4.03. The van der Waals surface area contributed by atoms with Crippen LogP contribution in [-0.4, -0.2) is 6.54 Å². The fourth-order valence-electron chi connectivity index (χ4n) is 1.25. The van der Waals surface area contributed by atoms with Crippen LogP contribution < -0.4 is 5.32 Å². The highest BCUT2D eigenvalue weighted by Gasteiger charge is 1.97. The summed E-state index contributed by atoms with van der Waals surface area (Å²) >= 11 is 5.90. The Kier molecular flexibility index (Phi) is 4.54. The predicted molar refractivity (Wildman–Crippen MR) is 64.1 cm³/mol. The van der Waals surface area contributed by atoms with E-state index in [2.05, 4.69) is 18.8 Å². The number of hydrogen-bond acceptors (Lipinski definition) is 1. The molecule has 0 amide bonds. The Labute approximate surface area is 90.8 Å². The van der Waals surface area contributed by atoms with Crippen molar-refractivity contribution in [2.45, 2.75) is 19.8 Å². The molecule has 0 saturated carbocycles. The van der Waals surface area contributed by atoms with Crippen LogP contribution in [0.15, 0.2) is 30.9 Å². The van der Waals surface area contributed by atoms with Gasteiger partial charge in [-0.1, -0.05) is 23.7 Å². The lowest BCUT2D eigenvalue weighted by molar-refractivity contribution is 0.890. The topological polar surface area (TPSA) is 12.0 Å². The molecule has 1 N–H and O–H groups in total. The molecule has 1 aromatic rings. The number of aryl methyl sites for hydroxylation is 1. The van der Waals surface area contributed by atoms with Crippen molar-refractivity contribution in [3.8, 4) is 0 Å². The van der Waals surface area contributed by atoms with Crippen LogP contribution in [0, 0.1) is 6.92 Å². The SMILES string of the molecule is C=CCCCNc1cc(Cl)ccc1C. The second kappa shape index (κ2) is 5.71. The summed E-state index contributed by atoms with van der Waals surface area (Å²) < 4.78 is 0. The lowest BCUT2D eigenvalue weighted by atomic mass is 10.2. The zero-order valence-corrected chi connectivity index (χ0v) is 9.27. The van der Waals surface area contributed by atoms with E-state index in [-0.39, 0.29) is 0 Å². The molecule has 0 radical (unpaired) electrons. The van der Waals surface area contributed by atoms with Crippen LogP contribution >= 0.6 is 11.6 Å². The number of benzene rings is 1. The van der Waals surface area contributed by atoms with Crippen molar-refractivity contribution in [2.75, 3.05) is 11.9 Å². The molecule has 1 nitrogen and oxygen atoms in total. The summed E-state index contributed by atoms with van der Waals surface area (Å²) in [5.41, 5.74) is 2.36. The summed E-state index contributed by atoms with van der Waals surface area (Å²) in [5, 5.41) is 4.14. The van der Waals surface area contributed by atoms with Gasteiger partial charge in [-0.05, 0) is 37.5 Å². The Balaban J connectivity index is 2.49. The van der Waals surface area contributed by atoms with Crippen LogP contribution in [0.1, 0.15) is 18.4 Å². The molecule has 0 aliphatic rings. The minimum absolute atomic E-state index is 0.779. The summed E-state index contributed by atoms with van der Waals surface area (Å²) in [7, 11) is 0. The Morgan fingerprint density at radius 3 is 3.00 bits per heavy atom. The first-order valence-corrected chi connectivity index (χ1v) is 5.23. The van der Waals surface area contributed by atoms with Gasteiger partial charge in [0.05, 0.1) is 0 Å². The van der Waals surface area contributed by atoms with Gasteiger partial charge in [-0.2, -0.15) is 0 Å². The van der Waals surface area contributed by atoms with Gasteiger partial charge in [0.15, 0.2) is 0 Å². The number of rotatable bonds is 5. The lowest BCUT2D eigenvalue weighted by Gasteiger charge is -2.08. The Morgan fingerprint density at radius 1 is 1.50 bits per heavy atom. The number of nitrogens with one attached hydrogen (secondary N) is 1. The number of unbranched alkanes of at least 4 members (excludes halogenated alkanes) is 1. The third kappa shape index (κ3) is 3.43. The average molecular weight is 210 g/mol. The van der Waals surface area contributed by atoms with Crippen LogP contribution in [-0.2, 0) is 0 Å². The van der Waals surface area contributed by atoms with E-state index in [1.807, 2.05) is 24.3 Å². The maximum absolute atomic E-state index is 5.90. The molecule has 76 valence electrons. The molecule has 0 spiro atoms. The molecule has 0 saturated heterocycles. The average Bonchev–Trinajstić information content (AvgIpc) is 2.18. The van der Waals surface area contributed by atoms with Crippen LogP contribution in [0.2, 0.25) is 5.02 Å². The van der Waals surface area contributed by atoms with E-state index in [9.17, 15) is 0 Å². The fourth-order valence-corrected chi connectivity index (χ4v) is 1.43. The van der Waals surface area contributed by atoms with Gasteiger partial charge in [0.1, 0.15) is 0 Å². The van der Waals surface area contributed by atoms with E-state index >= 15 is 0 Å². The maximum atomic E-state index is 5.90. The number of hydrogen-bond donors (Lipinski definition) is 1. The maximum Gasteiger partial charge on any atom is 0.0426 e. The summed E-state index contributed by atoms with van der Waals surface area (Å²) in [6, 6.07) is 5.90. The fraction of sp³-hybridized carbons (Fsp3) is 0.333. The molecular formula is C12H16ClN. The van der Waals surface area contributed by atoms with Gasteiger partial charge in [0.25, 0.3) is 0 Å². The Bertz CT molecular complexity index is 307. The lowest BCUT2D eigenvalue weighted by Crippen LogP contribution is -2.02. The van der Waals surface area contributed by atoms with Crippen molar-refractivity contribution in [2.24, 2.45) is 0 Å². The van der Waals surface area contributed by atoms with Crippen molar-refractivity contribution in [3.05, 3.63) is 41.4 Å². The normalized spacial score (nSPS) is 9.86. The Hall–Kier alpha value is -0.950. The Morgan fingerprint density at radius 2 is 2.29 bits per heavy atom. The van der Waals surface area contributed by atoms with E-state index in [4.69, 9.17) is 11.6 Å². The first-order chi connectivity index (χ1) is 6.74. The summed E-state index contributed by atoms with van der Waals surface area (Å²) in [5.74, 6) is 0. The van der Waals surface area contributed by atoms with E-state index < -0.39 is 0 Å². The highest BCUT2D eigenvalue weighted by Crippen LogP contribution is 2.19. The monoisotopic (exact) mass is 209 g/mol. The van der Waals surface area contributed by atoms with E-state index in [0.29, 0.717) is 0 Å². The van der Waals surface area contributed by atoms with Crippen molar-refractivity contribution in [1.29, 1.82) is 0 Å². The molecule has 0 fully saturated rings. The van der Waals surface area contributed by atoms with Gasteiger partial charge < -0.3 is 5.32 Å². The number of halogens is 1. The molecule has 2 heteroatoms. The summed E-state index contributed by atoms with van der Waals surface area (Å²) in [6.07, 6.45) is 4.09. The van der Waals surface area contributed by atoms with E-state index in [1.165, 1.54) is 5.56 Å². The third-order valence-electron chi connectivity index (χ3n) is 2.10. The van der Waals surface area contributed by atoms with Crippen LogP contribution in [0.4, 0.5) is 5.69 Å². The highest BCUT2D eigenvalue weighted by atomic mass is 35.5. The highest BCUT2D eigenvalue weighted by molar-refractivity contribution is 6.30. The standard InChI is InChI=1S/C12H16ClN/c1-3-4-5-8-14-12-9-11(13)7-6-10(12)2/h3,6-7,9,14H,1,4-5,8H2,2H3. The van der Waals surface area contributed by atoms with Crippen molar-refractivity contribution in [3.63, 3.8) is 0 Å². The zero-order valence-electron chi connectivity index (χ0n) is 8.52. The summed E-state index contributed by atoms with van der Waals surface area (Å²) in [6.45, 7) is 6.73. The molecule has 14 heavy (non-hydrogen) atoms. The van der Waals surface area contributed by atoms with Crippen molar-refractivity contribution >= 4 is 17.3 Å².